The van der Waals surface area contributed by atoms with Crippen molar-refractivity contribution < 1.29 is 24.2 Å². The van der Waals surface area contributed by atoms with Gasteiger partial charge in [-0.15, -0.1) is 0 Å². The number of esters is 1. The molecule has 5 heteroatoms. The molecular weight excluding hydrogens is 428 g/mol. The van der Waals surface area contributed by atoms with Crippen LogP contribution in [0.15, 0.2) is 42.5 Å². The van der Waals surface area contributed by atoms with E-state index in [1.54, 1.807) is 30.3 Å². The molecule has 3 aliphatic carbocycles. The topological polar surface area (TPSA) is 80.7 Å². The minimum atomic E-state index is -0.340. The molecule has 2 aromatic rings. The van der Waals surface area contributed by atoms with E-state index >= 15 is 0 Å². The van der Waals surface area contributed by atoms with Crippen LogP contribution in [0.3, 0.4) is 0 Å². The summed E-state index contributed by atoms with van der Waals surface area (Å²) in [7, 11) is 0. The second-order valence-electron chi connectivity index (χ2n) is 10.6. The third kappa shape index (κ3) is 3.85. The Morgan fingerprint density at radius 2 is 1.79 bits per heavy atom. The Morgan fingerprint density at radius 3 is 2.53 bits per heavy atom. The number of ether oxygens (including phenoxy) is 1. The van der Waals surface area contributed by atoms with Crippen molar-refractivity contribution >= 4 is 17.5 Å². The van der Waals surface area contributed by atoms with Crippen LogP contribution in [0.2, 0.25) is 0 Å². The summed E-state index contributed by atoms with van der Waals surface area (Å²) in [5, 5.41) is 10.6. The predicted octanol–water partition coefficient (Wildman–Crippen LogP) is 5.64. The first kappa shape index (κ1) is 22.8. The van der Waals surface area contributed by atoms with Crippen LogP contribution in [0.25, 0.3) is 0 Å². The van der Waals surface area contributed by atoms with Gasteiger partial charge in [0.25, 0.3) is 0 Å². The van der Waals surface area contributed by atoms with Crippen LogP contribution in [0.1, 0.15) is 90.1 Å². The van der Waals surface area contributed by atoms with Gasteiger partial charge in [0, 0.05) is 17.9 Å². The number of fused-ring (bicyclic) bond motifs is 5. The number of hydrogen-bond acceptors (Lipinski definition) is 5. The van der Waals surface area contributed by atoms with Crippen molar-refractivity contribution in [2.75, 3.05) is 0 Å². The van der Waals surface area contributed by atoms with Gasteiger partial charge >= 0.3 is 5.97 Å². The summed E-state index contributed by atoms with van der Waals surface area (Å²) >= 11 is 0. The number of phenolic OH excluding ortho intramolecular Hbond substituents is 1. The third-order valence-electron chi connectivity index (χ3n) is 8.78. The van der Waals surface area contributed by atoms with Crippen molar-refractivity contribution in [3.63, 3.8) is 0 Å². The molecule has 0 aliphatic heterocycles. The molecule has 0 amide bonds. The number of ketones is 2. The second-order valence-corrected chi connectivity index (χ2v) is 10.6. The van der Waals surface area contributed by atoms with Gasteiger partial charge in [-0.25, -0.2) is 0 Å². The number of carbonyl (C=O) groups excluding carboxylic acids is 3. The van der Waals surface area contributed by atoms with Crippen LogP contribution >= 0.6 is 0 Å². The number of Topliss-reactive ketones (excluding diaryl/α,β-unsaturated/α-hetero) is 2. The Balaban J connectivity index is 1.40. The lowest BCUT2D eigenvalue weighted by Gasteiger charge is -2.50. The van der Waals surface area contributed by atoms with Crippen molar-refractivity contribution in [3.8, 4) is 5.75 Å². The average Bonchev–Trinajstić information content (AvgIpc) is 3.14. The number of rotatable bonds is 5. The summed E-state index contributed by atoms with van der Waals surface area (Å²) in [4.78, 5) is 37.3. The van der Waals surface area contributed by atoms with E-state index in [0.717, 1.165) is 49.7 Å². The molecule has 5 atom stereocenters. The molecule has 3 aliphatic rings. The van der Waals surface area contributed by atoms with Gasteiger partial charge in [0.05, 0.1) is 12.0 Å². The summed E-state index contributed by atoms with van der Waals surface area (Å²) in [6, 6.07) is 12.4. The van der Waals surface area contributed by atoms with E-state index in [0.29, 0.717) is 23.3 Å². The monoisotopic (exact) mass is 460 g/mol. The molecule has 5 rings (SSSR count). The molecule has 5 nitrogen and oxygen atoms in total. The van der Waals surface area contributed by atoms with E-state index in [1.807, 2.05) is 12.1 Å². The maximum absolute atomic E-state index is 13.0. The molecule has 0 heterocycles. The van der Waals surface area contributed by atoms with E-state index in [2.05, 4.69) is 6.92 Å². The zero-order valence-corrected chi connectivity index (χ0v) is 19.9. The van der Waals surface area contributed by atoms with Gasteiger partial charge in [0.2, 0.25) is 0 Å². The van der Waals surface area contributed by atoms with Crippen LogP contribution in [-0.2, 0) is 16.0 Å². The molecule has 0 bridgehead atoms. The number of aromatic hydroxyl groups is 1. The number of carbonyl (C=O) groups is 3. The first-order chi connectivity index (χ1) is 16.3. The fourth-order valence-electron chi connectivity index (χ4n) is 7.14. The fourth-order valence-corrected chi connectivity index (χ4v) is 7.14. The maximum Gasteiger partial charge on any atom is 0.302 e. The summed E-state index contributed by atoms with van der Waals surface area (Å²) in [5.41, 5.74) is 3.03. The van der Waals surface area contributed by atoms with Gasteiger partial charge in [-0.3, -0.25) is 14.4 Å². The number of benzene rings is 2. The molecule has 0 spiro atoms. The molecule has 2 aromatic carbocycles. The molecule has 0 aromatic heterocycles. The van der Waals surface area contributed by atoms with Gasteiger partial charge in [-0.05, 0) is 79.5 Å². The van der Waals surface area contributed by atoms with Crippen LogP contribution in [0.4, 0.5) is 0 Å². The maximum atomic E-state index is 13.0. The van der Waals surface area contributed by atoms with Crippen LogP contribution in [-0.4, -0.2) is 28.7 Å². The van der Waals surface area contributed by atoms with Crippen molar-refractivity contribution in [1.82, 2.24) is 0 Å². The van der Waals surface area contributed by atoms with Gasteiger partial charge in [0.1, 0.15) is 11.9 Å². The highest BCUT2D eigenvalue weighted by molar-refractivity contribution is 6.14. The summed E-state index contributed by atoms with van der Waals surface area (Å²) in [6.07, 6.45) is 5.57. The van der Waals surface area contributed by atoms with E-state index in [1.165, 1.54) is 6.92 Å². The molecule has 0 unspecified atom stereocenters. The van der Waals surface area contributed by atoms with E-state index in [4.69, 9.17) is 4.74 Å². The fraction of sp³-hybridized carbons (Fsp3) is 0.483. The third-order valence-corrected chi connectivity index (χ3v) is 8.78. The Hall–Kier alpha value is -2.95. The zero-order chi connectivity index (χ0) is 24.0. The molecule has 34 heavy (non-hydrogen) atoms. The highest BCUT2D eigenvalue weighted by Crippen LogP contribution is 2.61. The first-order valence-corrected chi connectivity index (χ1v) is 12.4. The largest absolute Gasteiger partial charge is 0.507 e. The average molecular weight is 461 g/mol. The molecule has 178 valence electrons. The lowest BCUT2D eigenvalue weighted by molar-refractivity contribution is -0.154. The van der Waals surface area contributed by atoms with Crippen LogP contribution in [0.5, 0.6) is 5.75 Å². The lowest BCUT2D eigenvalue weighted by Crippen LogP contribution is -2.45. The van der Waals surface area contributed by atoms with Gasteiger partial charge in [-0.1, -0.05) is 37.3 Å². The van der Waals surface area contributed by atoms with Gasteiger partial charge in [-0.2, -0.15) is 0 Å². The van der Waals surface area contributed by atoms with Crippen molar-refractivity contribution in [3.05, 3.63) is 64.7 Å². The molecule has 0 saturated heterocycles. The van der Waals surface area contributed by atoms with Crippen LogP contribution < -0.4 is 0 Å². The van der Waals surface area contributed by atoms with E-state index < -0.39 is 0 Å². The predicted molar refractivity (Wildman–Crippen MR) is 128 cm³/mol. The van der Waals surface area contributed by atoms with E-state index in [-0.39, 0.29) is 46.8 Å². The second kappa shape index (κ2) is 8.68. The highest BCUT2D eigenvalue weighted by Gasteiger charge is 2.56. The Bertz CT molecular complexity index is 1140. The van der Waals surface area contributed by atoms with Crippen molar-refractivity contribution in [1.29, 1.82) is 0 Å². The minimum absolute atomic E-state index is 0.00200. The number of aryl methyl sites for hydroxylation is 1. The summed E-state index contributed by atoms with van der Waals surface area (Å²) in [6.45, 7) is 3.78. The molecule has 2 fully saturated rings. The Morgan fingerprint density at radius 1 is 1.03 bits per heavy atom. The number of phenols is 1. The molecular formula is C29H32O5. The smallest absolute Gasteiger partial charge is 0.302 e. The standard InChI is InChI=1S/C29H32O5/c1-17(30)34-28-11-10-24-21-9-8-19-14-26(32)23(15-22(19)20(21)12-13-29(24,28)2)27(33)16-25(31)18-6-4-3-5-7-18/h3-7,14-15,20-21,24,28,32H,8-13,16H2,1-2H3/t20-,21+,24-,28-,29-/m0/s1. The van der Waals surface area contributed by atoms with Crippen molar-refractivity contribution in [2.45, 2.75) is 70.8 Å². The quantitative estimate of drug-likeness (QED) is 0.355. The van der Waals surface area contributed by atoms with Crippen LogP contribution in [0, 0.1) is 17.3 Å². The molecule has 2 saturated carbocycles. The Kier molecular flexibility index (Phi) is 5.83. The summed E-state index contributed by atoms with van der Waals surface area (Å²) < 4.78 is 5.72. The van der Waals surface area contributed by atoms with E-state index in [9.17, 15) is 19.5 Å². The lowest BCUT2D eigenvalue weighted by atomic mass is 9.55. The minimum Gasteiger partial charge on any atom is -0.507 e. The highest BCUT2D eigenvalue weighted by atomic mass is 16.5. The van der Waals surface area contributed by atoms with Crippen molar-refractivity contribution in [2.24, 2.45) is 17.3 Å². The van der Waals surface area contributed by atoms with Gasteiger partial charge in [0.15, 0.2) is 11.6 Å². The number of hydrogen-bond donors (Lipinski definition) is 1. The van der Waals surface area contributed by atoms with Gasteiger partial charge < -0.3 is 9.84 Å². The first-order valence-electron chi connectivity index (χ1n) is 12.4. The summed E-state index contributed by atoms with van der Waals surface area (Å²) in [5.74, 6) is 0.479. The Labute approximate surface area is 200 Å². The normalized spacial score (nSPS) is 29.5. The SMILES string of the molecule is CC(=O)O[C@H]1CC[C@H]2[C@@H]3CCc4cc(O)c(C(=O)CC(=O)c5ccccc5)cc4[C@H]3CC[C@]12C. The molecule has 0 radical (unpaired) electrons. The molecule has 1 N–H and O–H groups in total. The zero-order valence-electron chi connectivity index (χ0n) is 19.9.